The molecule has 178 valence electrons. The van der Waals surface area contributed by atoms with Crippen molar-refractivity contribution in [2.75, 3.05) is 13.2 Å². The molecule has 5 heteroatoms. The smallest absolute Gasteiger partial charge is 0.339 e. The fourth-order valence-electron chi connectivity index (χ4n) is 4.73. The van der Waals surface area contributed by atoms with Crippen LogP contribution in [-0.4, -0.2) is 36.4 Å². The van der Waals surface area contributed by atoms with E-state index in [0.29, 0.717) is 6.61 Å². The molecule has 1 atom stereocenters. The van der Waals surface area contributed by atoms with Crippen molar-refractivity contribution in [3.8, 4) is 11.1 Å². The second-order valence-electron chi connectivity index (χ2n) is 9.17. The van der Waals surface area contributed by atoms with E-state index in [4.69, 9.17) is 14.6 Å². The van der Waals surface area contributed by atoms with Gasteiger partial charge in [0.25, 0.3) is 0 Å². The van der Waals surface area contributed by atoms with Crippen LogP contribution >= 0.6 is 0 Å². The second kappa shape index (κ2) is 9.88. The molecule has 0 saturated carbocycles. The minimum atomic E-state index is -1.14. The molecular formula is C30H28O5. The van der Waals surface area contributed by atoms with Crippen LogP contribution in [0, 0.1) is 6.92 Å². The van der Waals surface area contributed by atoms with Gasteiger partial charge in [-0.3, -0.25) is 0 Å². The Bertz CT molecular complexity index is 1420. The topological polar surface area (TPSA) is 76.1 Å². The van der Waals surface area contributed by atoms with Crippen molar-refractivity contribution in [1.29, 1.82) is 0 Å². The number of aromatic carboxylic acids is 1. The largest absolute Gasteiger partial charge is 0.478 e. The Hall–Kier alpha value is -3.70. The van der Waals surface area contributed by atoms with Crippen LogP contribution in [0.25, 0.3) is 23.3 Å². The average Bonchev–Trinajstić information content (AvgIpc) is 3.71. The molecule has 3 aromatic carbocycles. The van der Waals surface area contributed by atoms with E-state index < -0.39 is 11.9 Å². The lowest BCUT2D eigenvalue weighted by atomic mass is 9.87. The molecular weight excluding hydrogens is 440 g/mol. The fourth-order valence-corrected chi connectivity index (χ4v) is 4.73. The maximum absolute atomic E-state index is 11.7. The summed E-state index contributed by atoms with van der Waals surface area (Å²) in [5, 5.41) is 11.9. The predicted molar refractivity (Wildman–Crippen MR) is 135 cm³/mol. The Kier molecular flexibility index (Phi) is 6.51. The lowest BCUT2D eigenvalue weighted by Gasteiger charge is -2.17. The Morgan fingerprint density at radius 2 is 1.80 bits per heavy atom. The molecule has 1 aliphatic heterocycles. The van der Waals surface area contributed by atoms with E-state index in [9.17, 15) is 9.59 Å². The van der Waals surface area contributed by atoms with Gasteiger partial charge in [-0.2, -0.15) is 0 Å². The summed E-state index contributed by atoms with van der Waals surface area (Å²) < 4.78 is 9.87. The first-order valence-electron chi connectivity index (χ1n) is 12.0. The van der Waals surface area contributed by atoms with E-state index in [-0.39, 0.29) is 23.8 Å². The lowest BCUT2D eigenvalue weighted by molar-refractivity contribution is 0.0467. The molecule has 3 aliphatic rings. The summed E-state index contributed by atoms with van der Waals surface area (Å²) >= 11 is 0. The number of epoxide rings is 1. The lowest BCUT2D eigenvalue weighted by Crippen LogP contribution is -2.33. The molecule has 5 nitrogen and oxygen atoms in total. The molecule has 0 spiro atoms. The summed E-state index contributed by atoms with van der Waals surface area (Å²) in [6, 6.07) is 18.0. The van der Waals surface area contributed by atoms with Gasteiger partial charge in [0, 0.05) is 0 Å². The molecule has 1 unspecified atom stereocenters. The van der Waals surface area contributed by atoms with Gasteiger partial charge in [0.15, 0.2) is 0 Å². The van der Waals surface area contributed by atoms with Crippen LogP contribution in [0.5, 0.6) is 0 Å². The van der Waals surface area contributed by atoms with E-state index in [1.165, 1.54) is 64.1 Å². The molecule has 1 saturated heterocycles. The zero-order chi connectivity index (χ0) is 24.4. The van der Waals surface area contributed by atoms with Gasteiger partial charge >= 0.3 is 11.9 Å². The van der Waals surface area contributed by atoms with Crippen LogP contribution in [0.15, 0.2) is 54.6 Å². The minimum Gasteiger partial charge on any atom is -0.478 e. The third-order valence-electron chi connectivity index (χ3n) is 6.64. The van der Waals surface area contributed by atoms with E-state index in [0.717, 1.165) is 12.0 Å². The van der Waals surface area contributed by atoms with Gasteiger partial charge in [0.2, 0.25) is 0 Å². The van der Waals surface area contributed by atoms with Gasteiger partial charge in [-0.25, -0.2) is 9.59 Å². The second-order valence-corrected chi connectivity index (χ2v) is 9.17. The Morgan fingerprint density at radius 3 is 2.60 bits per heavy atom. The summed E-state index contributed by atoms with van der Waals surface area (Å²) in [6.45, 7) is 2.55. The number of carboxylic acid groups (broad SMARTS) is 1. The molecule has 0 aromatic heterocycles. The molecule has 35 heavy (non-hydrogen) atoms. The number of fused-ring (bicyclic) bond motifs is 5. The van der Waals surface area contributed by atoms with Crippen LogP contribution in [-0.2, 0) is 22.3 Å². The number of rotatable bonds is 4. The van der Waals surface area contributed by atoms with Gasteiger partial charge in [-0.15, -0.1) is 0 Å². The predicted octanol–water partition coefficient (Wildman–Crippen LogP) is 4.06. The van der Waals surface area contributed by atoms with Crippen molar-refractivity contribution < 1.29 is 24.2 Å². The van der Waals surface area contributed by atoms with Crippen molar-refractivity contribution in [3.63, 3.8) is 0 Å². The van der Waals surface area contributed by atoms with Crippen molar-refractivity contribution >= 4 is 24.1 Å². The zero-order valence-electron chi connectivity index (χ0n) is 19.8. The molecule has 2 aliphatic carbocycles. The Morgan fingerprint density at radius 1 is 0.971 bits per heavy atom. The number of hydrogen-bond acceptors (Lipinski definition) is 4. The highest BCUT2D eigenvalue weighted by atomic mass is 16.6. The third-order valence-corrected chi connectivity index (χ3v) is 6.64. The van der Waals surface area contributed by atoms with Crippen LogP contribution in [0.2, 0.25) is 0 Å². The fraction of sp³-hybridized carbons (Fsp3) is 0.267. The highest BCUT2D eigenvalue weighted by Crippen LogP contribution is 2.24. The quantitative estimate of drug-likeness (QED) is 0.462. The number of carbonyl (C=O) groups excluding carboxylic acids is 1. The van der Waals surface area contributed by atoms with Gasteiger partial charge in [0.1, 0.15) is 12.7 Å². The highest BCUT2D eigenvalue weighted by molar-refractivity contribution is 6.02. The molecule has 0 amide bonds. The SMILES string of the molecule is C1=c2c(ccc3c2=CCc2ccccc2-3)CCC1.Cc1ccc(C(=O)O)c(C(=O)OCC2CO2)c1. The molecule has 3 aromatic rings. The van der Waals surface area contributed by atoms with Gasteiger partial charge in [-0.05, 0) is 77.4 Å². The van der Waals surface area contributed by atoms with E-state index in [1.807, 2.05) is 0 Å². The van der Waals surface area contributed by atoms with Gasteiger partial charge in [-0.1, -0.05) is 60.2 Å². The van der Waals surface area contributed by atoms with E-state index in [2.05, 4.69) is 48.6 Å². The zero-order valence-corrected chi connectivity index (χ0v) is 19.8. The first kappa shape index (κ1) is 23.1. The summed E-state index contributed by atoms with van der Waals surface area (Å²) in [5.41, 5.74) is 6.70. The summed E-state index contributed by atoms with van der Waals surface area (Å²) in [5.74, 6) is -1.76. The number of carbonyl (C=O) groups is 2. The Balaban J connectivity index is 0.000000145. The summed E-state index contributed by atoms with van der Waals surface area (Å²) in [7, 11) is 0. The maximum atomic E-state index is 11.7. The third kappa shape index (κ3) is 5.05. The maximum Gasteiger partial charge on any atom is 0.339 e. The molecule has 1 N–H and O–H groups in total. The van der Waals surface area contributed by atoms with Crippen LogP contribution in [0.3, 0.4) is 0 Å². The number of hydrogen-bond donors (Lipinski definition) is 1. The average molecular weight is 469 g/mol. The monoisotopic (exact) mass is 468 g/mol. The van der Waals surface area contributed by atoms with Gasteiger partial charge < -0.3 is 14.6 Å². The first-order valence-corrected chi connectivity index (χ1v) is 12.0. The molecule has 0 bridgehead atoms. The Labute approximate surface area is 204 Å². The van der Waals surface area contributed by atoms with E-state index in [1.54, 1.807) is 13.0 Å². The minimum absolute atomic E-state index is 0.0305. The first-order chi connectivity index (χ1) is 17.0. The molecule has 1 heterocycles. The summed E-state index contributed by atoms with van der Waals surface area (Å²) in [4.78, 5) is 22.7. The molecule has 1 fully saturated rings. The van der Waals surface area contributed by atoms with Gasteiger partial charge in [0.05, 0.1) is 17.7 Å². The van der Waals surface area contributed by atoms with Crippen molar-refractivity contribution in [2.45, 2.75) is 38.7 Å². The van der Waals surface area contributed by atoms with Crippen molar-refractivity contribution in [3.05, 3.63) is 92.9 Å². The normalized spacial score (nSPS) is 16.7. The highest BCUT2D eigenvalue weighted by Gasteiger charge is 2.26. The standard InChI is InChI=1S/C18H16.C12H12O5/c1-3-7-15-13(5-1)9-11-18-16-8-4-2-6-14(16)10-12-17(15)18;1-7-2-3-9(11(13)14)10(4-7)12(15)17-6-8-5-16-8/h1,3,5,7-8,10-12H,2,4,6,9H2;2-4,8H,5-6H2,1H3,(H,13,14). The number of aryl methyl sites for hydroxylation is 2. The number of ether oxygens (including phenoxy) is 2. The summed E-state index contributed by atoms with van der Waals surface area (Å²) in [6.07, 6.45) is 9.68. The molecule has 6 rings (SSSR count). The van der Waals surface area contributed by atoms with E-state index >= 15 is 0 Å². The number of benzene rings is 3. The van der Waals surface area contributed by atoms with Crippen molar-refractivity contribution in [1.82, 2.24) is 0 Å². The van der Waals surface area contributed by atoms with Crippen LogP contribution < -0.4 is 10.4 Å². The number of esters is 1. The number of carboxylic acids is 1. The van der Waals surface area contributed by atoms with Crippen molar-refractivity contribution in [2.24, 2.45) is 0 Å². The molecule has 0 radical (unpaired) electrons. The van der Waals surface area contributed by atoms with Crippen LogP contribution in [0.4, 0.5) is 0 Å². The van der Waals surface area contributed by atoms with Crippen LogP contribution in [0.1, 0.15) is 50.2 Å².